The van der Waals surface area contributed by atoms with Gasteiger partial charge in [-0.2, -0.15) is 4.98 Å². The summed E-state index contributed by atoms with van der Waals surface area (Å²) in [5.41, 5.74) is 5.24. The Morgan fingerprint density at radius 3 is 3.00 bits per heavy atom. The van der Waals surface area contributed by atoms with Gasteiger partial charge in [0.1, 0.15) is 6.61 Å². The van der Waals surface area contributed by atoms with Crippen molar-refractivity contribution in [1.29, 1.82) is 0 Å². The second-order valence-corrected chi connectivity index (χ2v) is 1.78. The molecule has 1 rings (SSSR count). The van der Waals surface area contributed by atoms with E-state index >= 15 is 0 Å². The van der Waals surface area contributed by atoms with E-state index in [1.54, 1.807) is 0 Å². The fourth-order valence-electron chi connectivity index (χ4n) is 0.573. The first kappa shape index (κ1) is 7.01. The molecule has 0 spiro atoms. The van der Waals surface area contributed by atoms with Crippen LogP contribution in [-0.2, 0) is 11.3 Å². The van der Waals surface area contributed by atoms with E-state index in [0.29, 0.717) is 19.0 Å². The normalized spacial score (nSPS) is 10.1. The van der Waals surface area contributed by atoms with Crippen molar-refractivity contribution in [1.82, 2.24) is 15.2 Å². The second-order valence-electron chi connectivity index (χ2n) is 1.78. The van der Waals surface area contributed by atoms with Crippen molar-refractivity contribution < 1.29 is 4.74 Å². The number of nitrogen functional groups attached to an aromatic ring is 1. The van der Waals surface area contributed by atoms with Crippen LogP contribution in [0.3, 0.4) is 0 Å². The summed E-state index contributed by atoms with van der Waals surface area (Å²) in [5, 5.41) is 6.26. The summed E-state index contributed by atoms with van der Waals surface area (Å²) in [5.74, 6) is 0.925. The van der Waals surface area contributed by atoms with Gasteiger partial charge in [0.2, 0.25) is 5.95 Å². The highest BCUT2D eigenvalue weighted by atomic mass is 16.5. The van der Waals surface area contributed by atoms with Crippen LogP contribution in [0.5, 0.6) is 0 Å². The van der Waals surface area contributed by atoms with Crippen molar-refractivity contribution >= 4 is 5.95 Å². The molecule has 0 aliphatic carbocycles. The highest BCUT2D eigenvalue weighted by molar-refractivity contribution is 5.11. The largest absolute Gasteiger partial charge is 0.374 e. The average Bonchev–Trinajstić information content (AvgIpc) is 2.31. The van der Waals surface area contributed by atoms with Crippen LogP contribution in [0.25, 0.3) is 0 Å². The lowest BCUT2D eigenvalue weighted by Gasteiger charge is -1.93. The van der Waals surface area contributed by atoms with Gasteiger partial charge in [0.25, 0.3) is 0 Å². The molecule has 0 aliphatic heterocycles. The summed E-state index contributed by atoms with van der Waals surface area (Å²) >= 11 is 0. The number of rotatable bonds is 3. The van der Waals surface area contributed by atoms with Gasteiger partial charge in [-0.05, 0) is 6.92 Å². The van der Waals surface area contributed by atoms with E-state index in [9.17, 15) is 0 Å². The van der Waals surface area contributed by atoms with E-state index in [-0.39, 0.29) is 5.95 Å². The summed E-state index contributed by atoms with van der Waals surface area (Å²) < 4.78 is 5.04. The molecule has 10 heavy (non-hydrogen) atoms. The lowest BCUT2D eigenvalue weighted by molar-refractivity contribution is 0.128. The summed E-state index contributed by atoms with van der Waals surface area (Å²) in [7, 11) is 0. The van der Waals surface area contributed by atoms with Crippen LogP contribution in [-0.4, -0.2) is 21.8 Å². The monoisotopic (exact) mass is 142 g/mol. The molecule has 0 atom stereocenters. The van der Waals surface area contributed by atoms with Crippen molar-refractivity contribution in [3.05, 3.63) is 5.82 Å². The van der Waals surface area contributed by atoms with Crippen molar-refractivity contribution in [2.45, 2.75) is 13.5 Å². The van der Waals surface area contributed by atoms with Gasteiger partial charge in [-0.1, -0.05) is 0 Å². The molecule has 5 heteroatoms. The number of ether oxygens (including phenoxy) is 1. The first-order chi connectivity index (χ1) is 4.83. The predicted molar refractivity (Wildman–Crippen MR) is 36.1 cm³/mol. The van der Waals surface area contributed by atoms with Gasteiger partial charge in [0.15, 0.2) is 5.82 Å². The van der Waals surface area contributed by atoms with Gasteiger partial charge < -0.3 is 10.5 Å². The molecule has 1 aromatic heterocycles. The van der Waals surface area contributed by atoms with Gasteiger partial charge >= 0.3 is 0 Å². The maximum absolute atomic E-state index is 5.24. The Morgan fingerprint density at radius 1 is 1.70 bits per heavy atom. The molecule has 0 radical (unpaired) electrons. The maximum Gasteiger partial charge on any atom is 0.239 e. The summed E-state index contributed by atoms with van der Waals surface area (Å²) in [6.45, 7) is 3.03. The molecular formula is C5H10N4O. The number of nitrogens with one attached hydrogen (secondary N) is 1. The third-order valence-corrected chi connectivity index (χ3v) is 0.992. The van der Waals surface area contributed by atoms with Crippen LogP contribution < -0.4 is 5.73 Å². The van der Waals surface area contributed by atoms with E-state index in [1.165, 1.54) is 0 Å². The minimum atomic E-state index is 0.259. The van der Waals surface area contributed by atoms with Crippen LogP contribution in [0.1, 0.15) is 12.7 Å². The van der Waals surface area contributed by atoms with Crippen molar-refractivity contribution in [3.63, 3.8) is 0 Å². The summed E-state index contributed by atoms with van der Waals surface area (Å²) in [4.78, 5) is 3.83. The molecular weight excluding hydrogens is 132 g/mol. The molecule has 56 valence electrons. The Morgan fingerprint density at radius 2 is 2.50 bits per heavy atom. The van der Waals surface area contributed by atoms with E-state index in [1.807, 2.05) is 6.92 Å². The Labute approximate surface area is 58.6 Å². The maximum atomic E-state index is 5.24. The van der Waals surface area contributed by atoms with Crippen LogP contribution in [0.4, 0.5) is 5.95 Å². The molecule has 1 aromatic rings. The quantitative estimate of drug-likeness (QED) is 0.619. The highest BCUT2D eigenvalue weighted by Crippen LogP contribution is 1.94. The predicted octanol–water partition coefficient (Wildman–Crippen LogP) is -0.0766. The molecule has 5 nitrogen and oxygen atoms in total. The number of anilines is 1. The van der Waals surface area contributed by atoms with Gasteiger partial charge in [-0.15, -0.1) is 5.10 Å². The summed E-state index contributed by atoms with van der Waals surface area (Å²) in [6, 6.07) is 0. The number of H-pyrrole nitrogens is 1. The average molecular weight is 142 g/mol. The van der Waals surface area contributed by atoms with E-state index < -0.39 is 0 Å². The van der Waals surface area contributed by atoms with Crippen LogP contribution in [0, 0.1) is 0 Å². The van der Waals surface area contributed by atoms with Crippen LogP contribution in [0.15, 0.2) is 0 Å². The molecule has 0 saturated heterocycles. The molecule has 0 saturated carbocycles. The Bertz CT molecular complexity index is 197. The Kier molecular flexibility index (Phi) is 2.22. The minimum absolute atomic E-state index is 0.259. The number of nitrogens with two attached hydrogens (primary N) is 1. The lowest BCUT2D eigenvalue weighted by atomic mass is 10.7. The highest BCUT2D eigenvalue weighted by Gasteiger charge is 1.96. The van der Waals surface area contributed by atoms with Gasteiger partial charge in [-0.25, -0.2) is 0 Å². The molecule has 0 unspecified atom stereocenters. The first-order valence-corrected chi connectivity index (χ1v) is 3.07. The number of aromatic amines is 1. The summed E-state index contributed by atoms with van der Waals surface area (Å²) in [6.07, 6.45) is 0. The van der Waals surface area contributed by atoms with Crippen molar-refractivity contribution in [2.75, 3.05) is 12.3 Å². The molecule has 0 fully saturated rings. The van der Waals surface area contributed by atoms with Gasteiger partial charge in [0.05, 0.1) is 0 Å². The zero-order chi connectivity index (χ0) is 7.40. The van der Waals surface area contributed by atoms with Crippen molar-refractivity contribution in [2.24, 2.45) is 0 Å². The zero-order valence-corrected chi connectivity index (χ0v) is 5.79. The SMILES string of the molecule is CCOCc1nc(N)n[nH]1. The zero-order valence-electron chi connectivity index (χ0n) is 5.79. The number of nitrogens with zero attached hydrogens (tertiary/aromatic N) is 2. The topological polar surface area (TPSA) is 76.8 Å². The fourth-order valence-corrected chi connectivity index (χ4v) is 0.573. The Hall–Kier alpha value is -1.10. The minimum Gasteiger partial charge on any atom is -0.374 e. The van der Waals surface area contributed by atoms with Crippen LogP contribution >= 0.6 is 0 Å². The first-order valence-electron chi connectivity index (χ1n) is 3.07. The van der Waals surface area contributed by atoms with E-state index in [2.05, 4.69) is 15.2 Å². The molecule has 0 bridgehead atoms. The number of aromatic nitrogens is 3. The van der Waals surface area contributed by atoms with Crippen molar-refractivity contribution in [3.8, 4) is 0 Å². The van der Waals surface area contributed by atoms with Gasteiger partial charge in [-0.3, -0.25) is 5.10 Å². The Balaban J connectivity index is 2.42. The molecule has 0 aromatic carbocycles. The van der Waals surface area contributed by atoms with E-state index in [4.69, 9.17) is 10.5 Å². The second kappa shape index (κ2) is 3.17. The number of hydrogen-bond acceptors (Lipinski definition) is 4. The van der Waals surface area contributed by atoms with E-state index in [0.717, 1.165) is 0 Å². The lowest BCUT2D eigenvalue weighted by Crippen LogP contribution is -1.94. The standard InChI is InChI=1S/C5H10N4O/c1-2-10-3-4-7-5(6)9-8-4/h2-3H2,1H3,(H3,6,7,8,9). The molecule has 0 aliphatic rings. The molecule has 1 heterocycles. The fraction of sp³-hybridized carbons (Fsp3) is 0.600. The third-order valence-electron chi connectivity index (χ3n) is 0.992. The number of hydrogen-bond donors (Lipinski definition) is 2. The molecule has 0 amide bonds. The third kappa shape index (κ3) is 1.70. The molecule has 3 N–H and O–H groups in total. The van der Waals surface area contributed by atoms with Gasteiger partial charge in [0, 0.05) is 6.61 Å². The smallest absolute Gasteiger partial charge is 0.239 e. The van der Waals surface area contributed by atoms with Crippen LogP contribution in [0.2, 0.25) is 0 Å².